The Bertz CT molecular complexity index is 978. The zero-order valence-corrected chi connectivity index (χ0v) is 25.2. The molecule has 2 rings (SSSR count). The Labute approximate surface area is 248 Å². The van der Waals surface area contributed by atoms with E-state index in [4.69, 9.17) is 17.0 Å². The van der Waals surface area contributed by atoms with E-state index in [1.807, 2.05) is 29.2 Å². The lowest BCUT2D eigenvalue weighted by Gasteiger charge is -2.36. The standard InChI is InChI=1S/C29H46N4O7S/c1-3-5-6-26(41)33(11-4-2)24-9-7-23(8-10-24)18-25-19-31(21-28(36)37)13-12-30(20-27(34)35)14-16-40-17-15-32(25)22-29(38)39/h7-10,25H,3-6,11-22H2,1-2H3,(H,34,35)(H,36,37)(H,38,39)/t25-/m0/s1. The maximum atomic E-state index is 11.8. The van der Waals surface area contributed by atoms with Crippen molar-refractivity contribution in [2.45, 2.75) is 52.0 Å². The number of carboxylic acid groups (broad SMARTS) is 3. The topological polar surface area (TPSA) is 134 Å². The van der Waals surface area contributed by atoms with E-state index in [0.717, 1.165) is 48.5 Å². The maximum Gasteiger partial charge on any atom is 0.317 e. The summed E-state index contributed by atoms with van der Waals surface area (Å²) in [5.74, 6) is -2.92. The van der Waals surface area contributed by atoms with Crippen LogP contribution in [0.2, 0.25) is 0 Å². The number of benzene rings is 1. The third-order valence-electron chi connectivity index (χ3n) is 7.06. The molecule has 0 aromatic heterocycles. The van der Waals surface area contributed by atoms with Gasteiger partial charge in [0, 0.05) is 51.0 Å². The molecule has 0 radical (unpaired) electrons. The van der Waals surface area contributed by atoms with Gasteiger partial charge in [-0.1, -0.05) is 44.6 Å². The fourth-order valence-electron chi connectivity index (χ4n) is 4.99. The van der Waals surface area contributed by atoms with Gasteiger partial charge in [0.25, 0.3) is 0 Å². The molecule has 41 heavy (non-hydrogen) atoms. The van der Waals surface area contributed by atoms with Crippen molar-refractivity contribution in [2.24, 2.45) is 0 Å². The molecule has 0 aliphatic carbocycles. The summed E-state index contributed by atoms with van der Waals surface area (Å²) in [6, 6.07) is 7.85. The molecule has 1 saturated heterocycles. The monoisotopic (exact) mass is 594 g/mol. The number of carbonyl (C=O) groups is 3. The minimum absolute atomic E-state index is 0.165. The fraction of sp³-hybridized carbons (Fsp3) is 0.655. The van der Waals surface area contributed by atoms with Gasteiger partial charge in [0.15, 0.2) is 0 Å². The number of carboxylic acids is 3. The summed E-state index contributed by atoms with van der Waals surface area (Å²) >= 11 is 5.72. The summed E-state index contributed by atoms with van der Waals surface area (Å²) in [6.45, 7) is 6.83. The van der Waals surface area contributed by atoms with Crippen LogP contribution in [0.4, 0.5) is 5.69 Å². The fourth-order valence-corrected chi connectivity index (χ4v) is 5.33. The predicted molar refractivity (Wildman–Crippen MR) is 162 cm³/mol. The van der Waals surface area contributed by atoms with Gasteiger partial charge in [-0.3, -0.25) is 29.1 Å². The maximum absolute atomic E-state index is 11.8. The van der Waals surface area contributed by atoms with Gasteiger partial charge in [-0.2, -0.15) is 0 Å². The van der Waals surface area contributed by atoms with Gasteiger partial charge < -0.3 is 25.0 Å². The highest BCUT2D eigenvalue weighted by Gasteiger charge is 2.26. The van der Waals surface area contributed by atoms with Crippen molar-refractivity contribution < 1.29 is 34.4 Å². The van der Waals surface area contributed by atoms with Crippen molar-refractivity contribution in [2.75, 3.05) is 77.0 Å². The van der Waals surface area contributed by atoms with Crippen LogP contribution in [0.5, 0.6) is 0 Å². The van der Waals surface area contributed by atoms with Crippen molar-refractivity contribution in [1.82, 2.24) is 14.7 Å². The first kappa shape index (κ1) is 34.6. The van der Waals surface area contributed by atoms with Crippen molar-refractivity contribution in [1.29, 1.82) is 0 Å². The highest BCUT2D eigenvalue weighted by molar-refractivity contribution is 7.80. The molecule has 0 saturated carbocycles. The third kappa shape index (κ3) is 13.3. The van der Waals surface area contributed by atoms with E-state index in [-0.39, 0.29) is 32.3 Å². The van der Waals surface area contributed by atoms with Crippen molar-refractivity contribution in [3.05, 3.63) is 29.8 Å². The Morgan fingerprint density at radius 3 is 2.10 bits per heavy atom. The summed E-state index contributed by atoms with van der Waals surface area (Å²) in [4.78, 5) is 43.3. The summed E-state index contributed by atoms with van der Waals surface area (Å²) in [6.07, 6.45) is 4.46. The SMILES string of the molecule is CCCCC(=S)N(CCC)c1ccc(C[C@H]2CN(CC(=O)O)CCN(CC(=O)O)CCOCCN2CC(=O)O)cc1. The number of rotatable bonds is 14. The first-order chi connectivity index (χ1) is 19.6. The Kier molecular flexibility index (Phi) is 15.8. The minimum Gasteiger partial charge on any atom is -0.480 e. The van der Waals surface area contributed by atoms with Crippen LogP contribution >= 0.6 is 12.2 Å². The lowest BCUT2D eigenvalue weighted by molar-refractivity contribution is -0.141. The van der Waals surface area contributed by atoms with Crippen molar-refractivity contribution >= 4 is 40.8 Å². The molecule has 230 valence electrons. The highest BCUT2D eigenvalue weighted by atomic mass is 32.1. The molecule has 1 aromatic carbocycles. The molecular formula is C29H46N4O7S. The molecular weight excluding hydrogens is 548 g/mol. The first-order valence-electron chi connectivity index (χ1n) is 14.4. The molecule has 1 atom stereocenters. The molecule has 0 amide bonds. The number of thiocarbonyl (C=S) groups is 1. The summed E-state index contributed by atoms with van der Waals surface area (Å²) in [5.41, 5.74) is 2.03. The van der Waals surface area contributed by atoms with E-state index in [9.17, 15) is 29.7 Å². The lowest BCUT2D eigenvalue weighted by atomic mass is 10.0. The van der Waals surface area contributed by atoms with Gasteiger partial charge >= 0.3 is 17.9 Å². The number of anilines is 1. The number of hydrogen-bond acceptors (Lipinski definition) is 8. The zero-order chi connectivity index (χ0) is 30.2. The van der Waals surface area contributed by atoms with Gasteiger partial charge in [-0.05, 0) is 43.4 Å². The average molecular weight is 595 g/mol. The largest absolute Gasteiger partial charge is 0.480 e. The van der Waals surface area contributed by atoms with Crippen LogP contribution in [-0.2, 0) is 25.5 Å². The Hall–Kier alpha value is -2.64. The number of ether oxygens (including phenoxy) is 1. The molecule has 3 N–H and O–H groups in total. The van der Waals surface area contributed by atoms with Crippen molar-refractivity contribution in [3.63, 3.8) is 0 Å². The van der Waals surface area contributed by atoms with Crippen LogP contribution in [0, 0.1) is 0 Å². The van der Waals surface area contributed by atoms with E-state index >= 15 is 0 Å². The molecule has 1 aromatic rings. The van der Waals surface area contributed by atoms with E-state index in [1.165, 1.54) is 0 Å². The number of nitrogens with zero attached hydrogens (tertiary/aromatic N) is 4. The van der Waals surface area contributed by atoms with Gasteiger partial charge in [0.05, 0.1) is 37.8 Å². The number of hydrogen-bond donors (Lipinski definition) is 3. The Morgan fingerprint density at radius 1 is 0.878 bits per heavy atom. The van der Waals surface area contributed by atoms with Gasteiger partial charge in [-0.15, -0.1) is 0 Å². The lowest BCUT2D eigenvalue weighted by Crippen LogP contribution is -2.51. The summed E-state index contributed by atoms with van der Waals surface area (Å²) < 4.78 is 5.74. The average Bonchev–Trinajstić information content (AvgIpc) is 2.91. The van der Waals surface area contributed by atoms with Gasteiger partial charge in [0.2, 0.25) is 0 Å². The van der Waals surface area contributed by atoms with Gasteiger partial charge in [-0.25, -0.2) is 0 Å². The van der Waals surface area contributed by atoms with Crippen LogP contribution in [0.3, 0.4) is 0 Å². The predicted octanol–water partition coefficient (Wildman–Crippen LogP) is 2.52. The molecule has 0 spiro atoms. The van der Waals surface area contributed by atoms with Crippen LogP contribution < -0.4 is 4.90 Å². The van der Waals surface area contributed by atoms with Crippen LogP contribution in [-0.4, -0.2) is 131 Å². The summed E-state index contributed by atoms with van der Waals surface area (Å²) in [7, 11) is 0. The van der Waals surface area contributed by atoms with Crippen LogP contribution in [0.1, 0.15) is 45.1 Å². The normalized spacial score (nSPS) is 18.2. The first-order valence-corrected chi connectivity index (χ1v) is 14.8. The molecule has 0 unspecified atom stereocenters. The Balaban J connectivity index is 2.30. The molecule has 0 bridgehead atoms. The second-order valence-electron chi connectivity index (χ2n) is 10.4. The second-order valence-corrected chi connectivity index (χ2v) is 10.9. The Morgan fingerprint density at radius 2 is 1.49 bits per heavy atom. The quantitative estimate of drug-likeness (QED) is 0.273. The van der Waals surface area contributed by atoms with Gasteiger partial charge in [0.1, 0.15) is 0 Å². The molecule has 1 fully saturated rings. The van der Waals surface area contributed by atoms with E-state index in [1.54, 1.807) is 9.80 Å². The highest BCUT2D eigenvalue weighted by Crippen LogP contribution is 2.21. The molecule has 11 nitrogen and oxygen atoms in total. The molecule has 12 heteroatoms. The van der Waals surface area contributed by atoms with E-state index in [0.29, 0.717) is 45.8 Å². The summed E-state index contributed by atoms with van der Waals surface area (Å²) in [5, 5.41) is 28.5. The third-order valence-corrected chi connectivity index (χ3v) is 7.48. The number of unbranched alkanes of at least 4 members (excludes halogenated alkanes) is 1. The van der Waals surface area contributed by atoms with Crippen molar-refractivity contribution in [3.8, 4) is 0 Å². The molecule has 1 aliphatic heterocycles. The van der Waals surface area contributed by atoms with Crippen LogP contribution in [0.25, 0.3) is 0 Å². The zero-order valence-electron chi connectivity index (χ0n) is 24.4. The number of aliphatic carboxylic acids is 3. The second kappa shape index (κ2) is 18.7. The van der Waals surface area contributed by atoms with Crippen LogP contribution in [0.15, 0.2) is 24.3 Å². The van der Waals surface area contributed by atoms with E-state index < -0.39 is 17.9 Å². The minimum atomic E-state index is -0.992. The van der Waals surface area contributed by atoms with E-state index in [2.05, 4.69) is 18.7 Å². The molecule has 1 aliphatic rings. The smallest absolute Gasteiger partial charge is 0.317 e. The molecule has 1 heterocycles.